The van der Waals surface area contributed by atoms with Crippen molar-refractivity contribution in [3.05, 3.63) is 102 Å². The molecule has 2 aliphatic rings. The lowest BCUT2D eigenvalue weighted by molar-refractivity contribution is -0.132. The highest BCUT2D eigenvalue weighted by atomic mass is 16.6. The molecule has 1 atom stereocenters. The standard InChI is InChI=1S/C28H20N2O5/c31-26(19-8-9-22-23(16-19)35-15-14-34-22)24-25(18-10-12-29-13-11-18)30(28(33)27(24)32)21-7-3-5-17-4-1-2-6-20(17)21/h1-13,16,25,31H,14-15H2/b26-24+. The van der Waals surface area contributed by atoms with Crippen LogP contribution in [0.5, 0.6) is 11.5 Å². The van der Waals surface area contributed by atoms with Crippen molar-refractivity contribution in [1.82, 2.24) is 4.98 Å². The van der Waals surface area contributed by atoms with E-state index in [-0.39, 0.29) is 11.3 Å². The summed E-state index contributed by atoms with van der Waals surface area (Å²) in [5.74, 6) is -0.696. The lowest BCUT2D eigenvalue weighted by atomic mass is 9.95. The predicted octanol–water partition coefficient (Wildman–Crippen LogP) is 4.63. The average Bonchev–Trinajstić information content (AvgIpc) is 3.18. The van der Waals surface area contributed by atoms with Gasteiger partial charge in [0, 0.05) is 23.3 Å². The molecule has 4 aromatic rings. The zero-order valence-corrected chi connectivity index (χ0v) is 18.5. The van der Waals surface area contributed by atoms with Crippen LogP contribution >= 0.6 is 0 Å². The number of ether oxygens (including phenoxy) is 2. The van der Waals surface area contributed by atoms with E-state index < -0.39 is 17.7 Å². The van der Waals surface area contributed by atoms with Gasteiger partial charge >= 0.3 is 0 Å². The molecule has 7 nitrogen and oxygen atoms in total. The number of hydrogen-bond acceptors (Lipinski definition) is 6. The van der Waals surface area contributed by atoms with Gasteiger partial charge in [-0.1, -0.05) is 36.4 Å². The van der Waals surface area contributed by atoms with Gasteiger partial charge in [-0.05, 0) is 47.3 Å². The van der Waals surface area contributed by atoms with Crippen LogP contribution in [-0.4, -0.2) is 35.0 Å². The SMILES string of the molecule is O=C1C(=O)N(c2cccc3ccccc23)C(c2ccncc2)/C1=C(\O)c1ccc2c(c1)OCCO2. The van der Waals surface area contributed by atoms with Crippen LogP contribution in [0.2, 0.25) is 0 Å². The molecule has 1 saturated heterocycles. The highest BCUT2D eigenvalue weighted by Gasteiger charge is 2.47. The Hall–Kier alpha value is -4.65. The Balaban J connectivity index is 1.57. The van der Waals surface area contributed by atoms with Gasteiger partial charge in [0.1, 0.15) is 19.0 Å². The van der Waals surface area contributed by atoms with Gasteiger partial charge in [0.05, 0.1) is 17.3 Å². The molecule has 3 aromatic carbocycles. The number of rotatable bonds is 3. The average molecular weight is 464 g/mol. The van der Waals surface area contributed by atoms with Crippen molar-refractivity contribution in [2.75, 3.05) is 18.1 Å². The maximum absolute atomic E-state index is 13.5. The van der Waals surface area contributed by atoms with E-state index in [1.54, 1.807) is 42.7 Å². The number of carbonyl (C=O) groups excluding carboxylic acids is 2. The molecule has 1 amide bonds. The summed E-state index contributed by atoms with van der Waals surface area (Å²) in [5.41, 5.74) is 1.62. The Morgan fingerprint density at radius 2 is 1.63 bits per heavy atom. The minimum absolute atomic E-state index is 0.00538. The molecule has 6 rings (SSSR count). The zero-order chi connectivity index (χ0) is 23.9. The number of pyridine rings is 1. The van der Waals surface area contributed by atoms with Crippen LogP contribution < -0.4 is 14.4 Å². The molecule has 2 aliphatic heterocycles. The monoisotopic (exact) mass is 464 g/mol. The summed E-state index contributed by atoms with van der Waals surface area (Å²) in [6.07, 6.45) is 3.20. The molecule has 0 spiro atoms. The predicted molar refractivity (Wildman–Crippen MR) is 130 cm³/mol. The van der Waals surface area contributed by atoms with Gasteiger partial charge in [-0.15, -0.1) is 0 Å². The fourth-order valence-electron chi connectivity index (χ4n) is 4.71. The first kappa shape index (κ1) is 20.9. The number of aliphatic hydroxyl groups excluding tert-OH is 1. The van der Waals surface area contributed by atoms with Gasteiger partial charge in [0.2, 0.25) is 0 Å². The molecular weight excluding hydrogens is 444 g/mol. The van der Waals surface area contributed by atoms with Crippen LogP contribution in [0.3, 0.4) is 0 Å². The summed E-state index contributed by atoms with van der Waals surface area (Å²) >= 11 is 0. The van der Waals surface area contributed by atoms with Crippen molar-refractivity contribution in [1.29, 1.82) is 0 Å². The number of hydrogen-bond donors (Lipinski definition) is 1. The number of anilines is 1. The third kappa shape index (κ3) is 3.40. The molecule has 0 radical (unpaired) electrons. The Bertz CT molecular complexity index is 1510. The van der Waals surface area contributed by atoms with Crippen molar-refractivity contribution in [2.24, 2.45) is 0 Å². The summed E-state index contributed by atoms with van der Waals surface area (Å²) in [4.78, 5) is 32.5. The van der Waals surface area contributed by atoms with E-state index in [0.717, 1.165) is 10.8 Å². The molecule has 1 N–H and O–H groups in total. The Morgan fingerprint density at radius 1 is 0.886 bits per heavy atom. The Kier molecular flexibility index (Phi) is 4.95. The molecular formula is C28H20N2O5. The largest absolute Gasteiger partial charge is 0.507 e. The fourth-order valence-corrected chi connectivity index (χ4v) is 4.71. The Labute approximate surface area is 200 Å². The minimum atomic E-state index is -0.836. The number of Topliss-reactive ketones (excluding diaryl/α,β-unsaturated/α-hetero) is 1. The van der Waals surface area contributed by atoms with Gasteiger partial charge in [-0.25, -0.2) is 0 Å². The van der Waals surface area contributed by atoms with Gasteiger partial charge in [-0.3, -0.25) is 19.5 Å². The zero-order valence-electron chi connectivity index (χ0n) is 18.5. The number of ketones is 1. The second-order valence-corrected chi connectivity index (χ2v) is 8.31. The minimum Gasteiger partial charge on any atom is -0.507 e. The highest BCUT2D eigenvalue weighted by Crippen LogP contribution is 2.44. The van der Waals surface area contributed by atoms with Gasteiger partial charge in [0.25, 0.3) is 11.7 Å². The van der Waals surface area contributed by atoms with Crippen LogP contribution in [0, 0.1) is 0 Å². The first-order valence-electron chi connectivity index (χ1n) is 11.2. The van der Waals surface area contributed by atoms with Gasteiger partial charge in [0.15, 0.2) is 11.5 Å². The molecule has 1 fully saturated rings. The van der Waals surface area contributed by atoms with Crippen LogP contribution in [0.15, 0.2) is 90.8 Å². The van der Waals surface area contributed by atoms with E-state index in [4.69, 9.17) is 9.47 Å². The van der Waals surface area contributed by atoms with E-state index >= 15 is 0 Å². The number of aliphatic hydroxyl groups is 1. The lowest BCUT2D eigenvalue weighted by Crippen LogP contribution is -2.29. The maximum Gasteiger partial charge on any atom is 0.300 e. The topological polar surface area (TPSA) is 89.0 Å². The number of nitrogens with zero attached hydrogens (tertiary/aromatic N) is 2. The van der Waals surface area contributed by atoms with Crippen molar-refractivity contribution in [3.8, 4) is 11.5 Å². The molecule has 3 heterocycles. The van der Waals surface area contributed by atoms with Crippen LogP contribution in [0.25, 0.3) is 16.5 Å². The normalized spacial score (nSPS) is 18.7. The fraction of sp³-hybridized carbons (Fsp3) is 0.107. The van der Waals surface area contributed by atoms with Crippen molar-refractivity contribution in [2.45, 2.75) is 6.04 Å². The van der Waals surface area contributed by atoms with Crippen LogP contribution in [-0.2, 0) is 9.59 Å². The molecule has 1 aromatic heterocycles. The number of aromatic nitrogens is 1. The first-order chi connectivity index (χ1) is 17.1. The van der Waals surface area contributed by atoms with Crippen molar-refractivity contribution < 1.29 is 24.2 Å². The molecule has 0 aliphatic carbocycles. The Morgan fingerprint density at radius 3 is 2.46 bits per heavy atom. The van der Waals surface area contributed by atoms with E-state index in [1.165, 1.54) is 4.90 Å². The lowest BCUT2D eigenvalue weighted by Gasteiger charge is -2.26. The molecule has 7 heteroatoms. The molecule has 1 unspecified atom stereocenters. The summed E-state index contributed by atoms with van der Waals surface area (Å²) < 4.78 is 11.2. The third-order valence-corrected chi connectivity index (χ3v) is 6.31. The summed E-state index contributed by atoms with van der Waals surface area (Å²) in [6, 6.07) is 20.9. The summed E-state index contributed by atoms with van der Waals surface area (Å²) in [7, 11) is 0. The van der Waals surface area contributed by atoms with Crippen molar-refractivity contribution in [3.63, 3.8) is 0 Å². The molecule has 0 saturated carbocycles. The number of amides is 1. The first-order valence-corrected chi connectivity index (χ1v) is 11.2. The molecule has 0 bridgehead atoms. The van der Waals surface area contributed by atoms with Crippen LogP contribution in [0.1, 0.15) is 17.2 Å². The summed E-state index contributed by atoms with van der Waals surface area (Å²) in [5, 5.41) is 13.2. The van der Waals surface area contributed by atoms with E-state index in [2.05, 4.69) is 4.98 Å². The smallest absolute Gasteiger partial charge is 0.300 e. The molecule has 172 valence electrons. The number of carbonyl (C=O) groups is 2. The van der Waals surface area contributed by atoms with Crippen LogP contribution in [0.4, 0.5) is 5.69 Å². The van der Waals surface area contributed by atoms with E-state index in [1.807, 2.05) is 42.5 Å². The third-order valence-electron chi connectivity index (χ3n) is 6.31. The second-order valence-electron chi connectivity index (χ2n) is 8.31. The van der Waals surface area contributed by atoms with Gasteiger partial charge in [-0.2, -0.15) is 0 Å². The maximum atomic E-state index is 13.5. The number of fused-ring (bicyclic) bond motifs is 2. The van der Waals surface area contributed by atoms with Gasteiger partial charge < -0.3 is 14.6 Å². The highest BCUT2D eigenvalue weighted by molar-refractivity contribution is 6.52. The van der Waals surface area contributed by atoms with E-state index in [0.29, 0.717) is 41.5 Å². The molecule has 35 heavy (non-hydrogen) atoms. The van der Waals surface area contributed by atoms with E-state index in [9.17, 15) is 14.7 Å². The quantitative estimate of drug-likeness (QED) is 0.270. The van der Waals surface area contributed by atoms with Crippen molar-refractivity contribution >= 4 is 33.9 Å². The number of benzene rings is 3. The summed E-state index contributed by atoms with van der Waals surface area (Å²) in [6.45, 7) is 0.830. The second kappa shape index (κ2) is 8.29.